The first-order valence-corrected chi connectivity index (χ1v) is 10.8. The van der Waals surface area contributed by atoms with Crippen LogP contribution in [-0.4, -0.2) is 35.8 Å². The van der Waals surface area contributed by atoms with Crippen molar-refractivity contribution in [2.45, 2.75) is 26.4 Å². The fraction of sp³-hybridized carbons (Fsp3) is 0.261. The normalized spacial score (nSPS) is 12.4. The minimum atomic E-state index is -0.566. The number of anilines is 1. The highest BCUT2D eigenvalue weighted by atomic mass is 35.5. The van der Waals surface area contributed by atoms with Crippen LogP contribution in [0.4, 0.5) is 10.6 Å². The summed E-state index contributed by atoms with van der Waals surface area (Å²) in [5.74, 6) is 1.29. The maximum Gasteiger partial charge on any atom is 0.415 e. The molecule has 1 aromatic carbocycles. The first-order chi connectivity index (χ1) is 14.6. The van der Waals surface area contributed by atoms with Crippen molar-refractivity contribution in [3.8, 4) is 5.75 Å². The second-order valence-corrected chi connectivity index (χ2v) is 9.24. The monoisotopic (exact) mass is 457 g/mol. The zero-order chi connectivity index (χ0) is 22.6. The molecule has 1 amide bonds. The van der Waals surface area contributed by atoms with Crippen LogP contribution in [0.2, 0.25) is 0 Å². The minimum absolute atomic E-state index is 0.460. The molecule has 0 aliphatic heterocycles. The largest absolute Gasteiger partial charge is 0.497 e. The fourth-order valence-electron chi connectivity index (χ4n) is 2.58. The van der Waals surface area contributed by atoms with E-state index in [4.69, 9.17) is 21.1 Å². The Bertz CT molecular complexity index is 1130. The third-order valence-electron chi connectivity index (χ3n) is 4.08. The van der Waals surface area contributed by atoms with E-state index in [1.807, 2.05) is 51.1 Å². The summed E-state index contributed by atoms with van der Waals surface area (Å²) in [4.78, 5) is 22.4. The number of allylic oxidation sites excluding steroid dienone is 2. The van der Waals surface area contributed by atoms with Crippen molar-refractivity contribution in [1.29, 1.82) is 0 Å². The standard InChI is InChI=1S/C23H24ClN3O3S/c1-23(2,3)30-22(28)27(4)20-10-6-15(14-25-20)12-16(24)7-11-21-26-18-9-8-17(29-5)13-19(18)31-21/h6-14H,1-5H3/b11-7+,16-12-. The summed E-state index contributed by atoms with van der Waals surface area (Å²) in [6.07, 6.45) is 6.64. The number of ether oxygens (including phenoxy) is 2. The first kappa shape index (κ1) is 22.8. The van der Waals surface area contributed by atoms with E-state index in [1.165, 1.54) is 4.90 Å². The van der Waals surface area contributed by atoms with Crippen LogP contribution in [0.25, 0.3) is 22.4 Å². The number of aromatic nitrogens is 2. The number of methoxy groups -OCH3 is 1. The maximum atomic E-state index is 12.2. The van der Waals surface area contributed by atoms with E-state index >= 15 is 0 Å². The lowest BCUT2D eigenvalue weighted by Gasteiger charge is -2.24. The molecule has 162 valence electrons. The predicted molar refractivity (Wildman–Crippen MR) is 128 cm³/mol. The van der Waals surface area contributed by atoms with Gasteiger partial charge in [-0.15, -0.1) is 11.3 Å². The number of hydrogen-bond acceptors (Lipinski definition) is 6. The number of pyridine rings is 1. The molecule has 0 radical (unpaired) electrons. The van der Waals surface area contributed by atoms with Crippen molar-refractivity contribution in [2.24, 2.45) is 0 Å². The highest BCUT2D eigenvalue weighted by Gasteiger charge is 2.21. The predicted octanol–water partition coefficient (Wildman–Crippen LogP) is 6.36. The van der Waals surface area contributed by atoms with E-state index < -0.39 is 11.7 Å². The topological polar surface area (TPSA) is 64.5 Å². The zero-order valence-electron chi connectivity index (χ0n) is 18.0. The fourth-order valence-corrected chi connectivity index (χ4v) is 3.67. The molecule has 31 heavy (non-hydrogen) atoms. The lowest BCUT2D eigenvalue weighted by atomic mass is 10.2. The molecule has 0 saturated carbocycles. The summed E-state index contributed by atoms with van der Waals surface area (Å²) in [7, 11) is 3.26. The van der Waals surface area contributed by atoms with Gasteiger partial charge < -0.3 is 9.47 Å². The third kappa shape index (κ3) is 6.29. The van der Waals surface area contributed by atoms with Gasteiger partial charge in [0.05, 0.1) is 17.3 Å². The van der Waals surface area contributed by atoms with Crippen LogP contribution in [0.5, 0.6) is 5.75 Å². The molecule has 0 saturated heterocycles. The number of amides is 1. The lowest BCUT2D eigenvalue weighted by Crippen LogP contribution is -2.34. The third-order valence-corrected chi connectivity index (χ3v) is 5.30. The molecule has 0 fully saturated rings. The number of fused-ring (bicyclic) bond motifs is 1. The Labute approximate surface area is 190 Å². The van der Waals surface area contributed by atoms with E-state index in [9.17, 15) is 4.79 Å². The van der Waals surface area contributed by atoms with Gasteiger partial charge in [0.25, 0.3) is 0 Å². The number of carbonyl (C=O) groups is 1. The second kappa shape index (κ2) is 9.49. The number of halogens is 1. The van der Waals surface area contributed by atoms with Crippen molar-refractivity contribution in [2.75, 3.05) is 19.1 Å². The van der Waals surface area contributed by atoms with Crippen LogP contribution >= 0.6 is 22.9 Å². The van der Waals surface area contributed by atoms with Crippen LogP contribution in [0.15, 0.2) is 47.6 Å². The summed E-state index contributed by atoms with van der Waals surface area (Å²) in [6, 6.07) is 9.36. The molecule has 0 N–H and O–H groups in total. The Morgan fingerprint density at radius 2 is 2.00 bits per heavy atom. The molecule has 0 unspecified atom stereocenters. The Morgan fingerprint density at radius 1 is 1.23 bits per heavy atom. The van der Waals surface area contributed by atoms with E-state index in [1.54, 1.807) is 49.9 Å². The minimum Gasteiger partial charge on any atom is -0.497 e. The van der Waals surface area contributed by atoms with E-state index in [-0.39, 0.29) is 0 Å². The van der Waals surface area contributed by atoms with Crippen LogP contribution in [0, 0.1) is 0 Å². The van der Waals surface area contributed by atoms with E-state index in [2.05, 4.69) is 9.97 Å². The molecule has 3 rings (SSSR count). The molecular formula is C23H24ClN3O3S. The number of thiazole rings is 1. The van der Waals surface area contributed by atoms with Crippen molar-refractivity contribution in [3.63, 3.8) is 0 Å². The molecule has 2 heterocycles. The Hall–Kier alpha value is -2.90. The highest BCUT2D eigenvalue weighted by molar-refractivity contribution is 7.19. The molecule has 0 spiro atoms. The van der Waals surface area contributed by atoms with Gasteiger partial charge in [-0.05, 0) is 74.9 Å². The summed E-state index contributed by atoms with van der Waals surface area (Å²) < 4.78 is 11.6. The first-order valence-electron chi connectivity index (χ1n) is 9.57. The van der Waals surface area contributed by atoms with Crippen LogP contribution in [0.1, 0.15) is 31.3 Å². The van der Waals surface area contributed by atoms with Crippen molar-refractivity contribution < 1.29 is 14.3 Å². The Balaban J connectivity index is 1.68. The lowest BCUT2D eigenvalue weighted by molar-refractivity contribution is 0.0588. The second-order valence-electron chi connectivity index (χ2n) is 7.74. The smallest absolute Gasteiger partial charge is 0.415 e. The number of hydrogen-bond donors (Lipinski definition) is 0. The van der Waals surface area contributed by atoms with Gasteiger partial charge in [-0.1, -0.05) is 11.6 Å². The van der Waals surface area contributed by atoms with Gasteiger partial charge in [0.2, 0.25) is 0 Å². The number of benzene rings is 1. The average molecular weight is 458 g/mol. The quantitative estimate of drug-likeness (QED) is 0.417. The Morgan fingerprint density at radius 3 is 2.65 bits per heavy atom. The van der Waals surface area contributed by atoms with Gasteiger partial charge >= 0.3 is 6.09 Å². The van der Waals surface area contributed by atoms with Gasteiger partial charge in [-0.2, -0.15) is 0 Å². The average Bonchev–Trinajstić information content (AvgIpc) is 3.13. The number of nitrogens with zero attached hydrogens (tertiary/aromatic N) is 3. The van der Waals surface area contributed by atoms with Crippen molar-refractivity contribution in [1.82, 2.24) is 9.97 Å². The van der Waals surface area contributed by atoms with Gasteiger partial charge in [-0.25, -0.2) is 14.8 Å². The maximum absolute atomic E-state index is 12.2. The Kier molecular flexibility index (Phi) is 6.97. The van der Waals surface area contributed by atoms with Crippen molar-refractivity contribution in [3.05, 3.63) is 58.2 Å². The molecule has 8 heteroatoms. The van der Waals surface area contributed by atoms with Gasteiger partial charge in [-0.3, -0.25) is 4.90 Å². The van der Waals surface area contributed by atoms with Crippen LogP contribution in [0.3, 0.4) is 0 Å². The van der Waals surface area contributed by atoms with Gasteiger partial charge in [0, 0.05) is 18.3 Å². The van der Waals surface area contributed by atoms with E-state index in [0.717, 1.165) is 26.5 Å². The van der Waals surface area contributed by atoms with Gasteiger partial charge in [0.15, 0.2) is 0 Å². The molecule has 0 aliphatic carbocycles. The molecule has 0 atom stereocenters. The molecular weight excluding hydrogens is 434 g/mol. The van der Waals surface area contributed by atoms with Gasteiger partial charge in [0.1, 0.15) is 22.2 Å². The SMILES string of the molecule is COc1ccc2nc(/C=C/C(Cl)=C/c3ccc(N(C)C(=O)OC(C)(C)C)nc3)sc2c1. The number of rotatable bonds is 5. The summed E-state index contributed by atoms with van der Waals surface area (Å²) in [5, 5.41) is 1.38. The summed E-state index contributed by atoms with van der Waals surface area (Å²) >= 11 is 7.92. The highest BCUT2D eigenvalue weighted by Crippen LogP contribution is 2.27. The molecule has 0 bridgehead atoms. The molecule has 2 aromatic heterocycles. The molecule has 3 aromatic rings. The number of carbonyl (C=O) groups excluding carboxylic acids is 1. The van der Waals surface area contributed by atoms with Crippen LogP contribution < -0.4 is 9.64 Å². The summed E-state index contributed by atoms with van der Waals surface area (Å²) in [6.45, 7) is 5.46. The van der Waals surface area contributed by atoms with E-state index in [0.29, 0.717) is 10.9 Å². The zero-order valence-corrected chi connectivity index (χ0v) is 19.6. The summed E-state index contributed by atoms with van der Waals surface area (Å²) in [5.41, 5.74) is 1.16. The molecule has 0 aliphatic rings. The molecule has 6 nitrogen and oxygen atoms in total. The van der Waals surface area contributed by atoms with Crippen molar-refractivity contribution >= 4 is 57.2 Å². The van der Waals surface area contributed by atoms with Crippen LogP contribution in [-0.2, 0) is 4.74 Å².